The molecule has 3 aromatic rings. The van der Waals surface area contributed by atoms with Crippen LogP contribution in [-0.2, 0) is 16.1 Å². The van der Waals surface area contributed by atoms with Crippen LogP contribution in [-0.4, -0.2) is 30.7 Å². The van der Waals surface area contributed by atoms with E-state index < -0.39 is 6.10 Å². The summed E-state index contributed by atoms with van der Waals surface area (Å²) in [6.07, 6.45) is 1.08. The Balaban J connectivity index is 1.72. The lowest BCUT2D eigenvalue weighted by Crippen LogP contribution is -2.39. The molecule has 0 radical (unpaired) electrons. The Labute approximate surface area is 169 Å². The molecule has 0 unspecified atom stereocenters. The maximum Gasteiger partial charge on any atom is 0.256 e. The summed E-state index contributed by atoms with van der Waals surface area (Å²) in [7, 11) is 1.60. The third-order valence-corrected chi connectivity index (χ3v) is 5.35. The number of methoxy groups -OCH3 is 1. The Hall–Kier alpha value is -3.12. The van der Waals surface area contributed by atoms with E-state index in [0.29, 0.717) is 30.0 Å². The molecule has 1 saturated heterocycles. The van der Waals surface area contributed by atoms with Crippen LogP contribution >= 0.6 is 0 Å². The molecule has 4 rings (SSSR count). The van der Waals surface area contributed by atoms with Crippen LogP contribution in [0.25, 0.3) is 10.9 Å². The normalized spacial score (nSPS) is 16.1. The average Bonchev–Trinajstić information content (AvgIpc) is 3.28. The van der Waals surface area contributed by atoms with Crippen LogP contribution in [0.3, 0.4) is 0 Å². The summed E-state index contributed by atoms with van der Waals surface area (Å²) in [6, 6.07) is 15.0. The van der Waals surface area contributed by atoms with E-state index in [2.05, 4.69) is 4.98 Å². The van der Waals surface area contributed by atoms with Gasteiger partial charge >= 0.3 is 0 Å². The molecule has 2 heterocycles. The first-order chi connectivity index (χ1) is 14.1. The van der Waals surface area contributed by atoms with Gasteiger partial charge in [0, 0.05) is 17.9 Å². The van der Waals surface area contributed by atoms with E-state index in [1.165, 1.54) is 0 Å². The zero-order valence-electron chi connectivity index (χ0n) is 16.6. The molecule has 0 bridgehead atoms. The number of aryl methyl sites for hydroxylation is 1. The zero-order valence-corrected chi connectivity index (χ0v) is 16.6. The molecular weight excluding hydrogens is 368 g/mol. The lowest BCUT2D eigenvalue weighted by Gasteiger charge is -2.25. The van der Waals surface area contributed by atoms with Crippen molar-refractivity contribution < 1.29 is 14.3 Å². The van der Waals surface area contributed by atoms with E-state index in [1.54, 1.807) is 24.1 Å². The predicted molar refractivity (Wildman–Crippen MR) is 112 cm³/mol. The number of rotatable bonds is 5. The number of para-hydroxylation sites is 1. The number of anilines is 1. The van der Waals surface area contributed by atoms with Crippen LogP contribution in [0.4, 0.5) is 5.69 Å². The second kappa shape index (κ2) is 8.09. The maximum absolute atomic E-state index is 13.2. The van der Waals surface area contributed by atoms with Crippen LogP contribution in [0, 0.1) is 6.92 Å². The Kier molecular flexibility index (Phi) is 5.36. The van der Waals surface area contributed by atoms with Gasteiger partial charge in [-0.1, -0.05) is 18.2 Å². The third-order valence-electron chi connectivity index (χ3n) is 5.35. The number of H-pyrrole nitrogens is 1. The van der Waals surface area contributed by atoms with E-state index in [0.717, 1.165) is 22.9 Å². The second-order valence-corrected chi connectivity index (χ2v) is 7.29. The number of hydrogen-bond donors (Lipinski definition) is 1. The van der Waals surface area contributed by atoms with Gasteiger partial charge < -0.3 is 19.4 Å². The number of ether oxygens (including phenoxy) is 2. The van der Waals surface area contributed by atoms with Crippen LogP contribution in [0.2, 0.25) is 0 Å². The van der Waals surface area contributed by atoms with Gasteiger partial charge in [0.25, 0.3) is 11.5 Å². The monoisotopic (exact) mass is 392 g/mol. The minimum Gasteiger partial charge on any atom is -0.497 e. The fourth-order valence-electron chi connectivity index (χ4n) is 3.72. The lowest BCUT2D eigenvalue weighted by atomic mass is 10.1. The van der Waals surface area contributed by atoms with E-state index in [-0.39, 0.29) is 18.0 Å². The van der Waals surface area contributed by atoms with Gasteiger partial charge in [0.05, 0.1) is 19.2 Å². The topological polar surface area (TPSA) is 71.6 Å². The molecule has 6 nitrogen and oxygen atoms in total. The number of carbonyl (C=O) groups excluding carboxylic acids is 1. The zero-order chi connectivity index (χ0) is 20.4. The van der Waals surface area contributed by atoms with Crippen LogP contribution in [0.1, 0.15) is 24.0 Å². The van der Waals surface area contributed by atoms with Gasteiger partial charge in [-0.2, -0.15) is 0 Å². The van der Waals surface area contributed by atoms with Crippen molar-refractivity contribution in [3.8, 4) is 5.75 Å². The number of nitrogens with zero attached hydrogens (tertiary/aromatic N) is 1. The number of fused-ring (bicyclic) bond motifs is 1. The van der Waals surface area contributed by atoms with Gasteiger partial charge in [-0.3, -0.25) is 9.59 Å². The van der Waals surface area contributed by atoms with Crippen molar-refractivity contribution in [3.63, 3.8) is 0 Å². The molecule has 0 spiro atoms. The summed E-state index contributed by atoms with van der Waals surface area (Å²) < 4.78 is 10.8. The van der Waals surface area contributed by atoms with Gasteiger partial charge in [0.15, 0.2) is 0 Å². The number of aromatic nitrogens is 1. The molecule has 1 atom stereocenters. The fourth-order valence-corrected chi connectivity index (χ4v) is 3.72. The number of amides is 1. The van der Waals surface area contributed by atoms with Crippen molar-refractivity contribution in [2.24, 2.45) is 0 Å². The number of benzene rings is 2. The first-order valence-corrected chi connectivity index (χ1v) is 9.75. The first kappa shape index (κ1) is 19.2. The summed E-state index contributed by atoms with van der Waals surface area (Å²) in [5.41, 5.74) is 2.88. The van der Waals surface area contributed by atoms with Gasteiger partial charge in [-0.05, 0) is 61.0 Å². The highest BCUT2D eigenvalue weighted by molar-refractivity contribution is 5.96. The van der Waals surface area contributed by atoms with Crippen LogP contribution < -0.4 is 15.2 Å². The molecule has 1 aliphatic heterocycles. The van der Waals surface area contributed by atoms with Crippen molar-refractivity contribution in [1.82, 2.24) is 4.98 Å². The van der Waals surface area contributed by atoms with Gasteiger partial charge in [0.1, 0.15) is 11.9 Å². The first-order valence-electron chi connectivity index (χ1n) is 9.75. The predicted octanol–water partition coefficient (Wildman–Crippen LogP) is 3.56. The largest absolute Gasteiger partial charge is 0.497 e. The molecule has 1 N–H and O–H groups in total. The fraction of sp³-hybridized carbons (Fsp3) is 0.304. The lowest BCUT2D eigenvalue weighted by molar-refractivity contribution is -0.127. The number of nitrogens with one attached hydrogen (secondary N) is 1. The van der Waals surface area contributed by atoms with E-state index >= 15 is 0 Å². The van der Waals surface area contributed by atoms with E-state index in [9.17, 15) is 9.59 Å². The third kappa shape index (κ3) is 3.89. The molecule has 1 aliphatic rings. The minimum atomic E-state index is -0.473. The number of pyridine rings is 1. The van der Waals surface area contributed by atoms with Gasteiger partial charge in [-0.15, -0.1) is 0 Å². The Morgan fingerprint density at radius 1 is 1.24 bits per heavy atom. The summed E-state index contributed by atoms with van der Waals surface area (Å²) in [4.78, 5) is 30.5. The molecule has 6 heteroatoms. The van der Waals surface area contributed by atoms with Crippen LogP contribution in [0.5, 0.6) is 5.75 Å². The maximum atomic E-state index is 13.2. The molecule has 1 fully saturated rings. The highest BCUT2D eigenvalue weighted by atomic mass is 16.5. The molecule has 0 saturated carbocycles. The van der Waals surface area contributed by atoms with Crippen LogP contribution in [0.15, 0.2) is 53.3 Å². The Bertz CT molecular complexity index is 1080. The molecule has 29 heavy (non-hydrogen) atoms. The highest BCUT2D eigenvalue weighted by Crippen LogP contribution is 2.25. The number of aromatic amines is 1. The SMILES string of the molecule is COc1ccc(N(Cc2cc3cccc(C)c3[nH]c2=O)C(=O)[C@@H]2CCCO2)cc1. The molecular formula is C23H24N2O4. The summed E-state index contributed by atoms with van der Waals surface area (Å²) in [5, 5.41) is 0.943. The van der Waals surface area contributed by atoms with Crippen molar-refractivity contribution in [2.75, 3.05) is 18.6 Å². The number of carbonyl (C=O) groups is 1. The quantitative estimate of drug-likeness (QED) is 0.721. The smallest absolute Gasteiger partial charge is 0.256 e. The summed E-state index contributed by atoms with van der Waals surface area (Å²) >= 11 is 0. The minimum absolute atomic E-state index is 0.128. The summed E-state index contributed by atoms with van der Waals surface area (Å²) in [5.74, 6) is 0.577. The average molecular weight is 392 g/mol. The molecule has 0 aliphatic carbocycles. The standard InChI is InChI=1S/C23H24N2O4/c1-15-5-3-6-16-13-17(22(26)24-21(15)16)14-25(23(27)20-7-4-12-29-20)18-8-10-19(28-2)11-9-18/h3,5-6,8-11,13,20H,4,7,12,14H2,1-2H3,(H,24,26)/t20-/m0/s1. The second-order valence-electron chi connectivity index (χ2n) is 7.29. The van der Waals surface area contributed by atoms with Crippen molar-refractivity contribution in [3.05, 3.63) is 70.0 Å². The molecule has 1 aromatic heterocycles. The number of hydrogen-bond acceptors (Lipinski definition) is 4. The van der Waals surface area contributed by atoms with E-state index in [4.69, 9.17) is 9.47 Å². The Morgan fingerprint density at radius 3 is 2.72 bits per heavy atom. The summed E-state index contributed by atoms with van der Waals surface area (Å²) in [6.45, 7) is 2.72. The highest BCUT2D eigenvalue weighted by Gasteiger charge is 2.29. The van der Waals surface area contributed by atoms with Crippen molar-refractivity contribution in [1.29, 1.82) is 0 Å². The van der Waals surface area contributed by atoms with Gasteiger partial charge in [-0.25, -0.2) is 0 Å². The van der Waals surface area contributed by atoms with Crippen molar-refractivity contribution in [2.45, 2.75) is 32.4 Å². The molecule has 2 aromatic carbocycles. The van der Waals surface area contributed by atoms with Crippen molar-refractivity contribution >= 4 is 22.5 Å². The Morgan fingerprint density at radius 2 is 2.03 bits per heavy atom. The molecule has 1 amide bonds. The van der Waals surface area contributed by atoms with Gasteiger partial charge in [0.2, 0.25) is 0 Å². The van der Waals surface area contributed by atoms with E-state index in [1.807, 2.05) is 43.3 Å². The molecule has 150 valence electrons.